The Kier molecular flexibility index (Phi) is 7.57. The summed E-state index contributed by atoms with van der Waals surface area (Å²) in [4.78, 5) is 27.3. The maximum absolute atomic E-state index is 13.0. The molecule has 2 heterocycles. The van der Waals surface area contributed by atoms with Crippen molar-refractivity contribution in [1.82, 2.24) is 14.5 Å². The Labute approximate surface area is 204 Å². The van der Waals surface area contributed by atoms with Crippen LogP contribution in [0.3, 0.4) is 0 Å². The number of rotatable bonds is 8. The highest BCUT2D eigenvalue weighted by Crippen LogP contribution is 2.26. The molecule has 1 saturated heterocycles. The molecule has 1 fully saturated rings. The average Bonchev–Trinajstić information content (AvgIpc) is 3.39. The van der Waals surface area contributed by atoms with Gasteiger partial charge in [0.15, 0.2) is 5.78 Å². The third-order valence-corrected chi connectivity index (χ3v) is 8.76. The van der Waals surface area contributed by atoms with Gasteiger partial charge >= 0.3 is 0 Å². The largest absolute Gasteiger partial charge is 0.339 e. The molecule has 9 heteroatoms. The molecule has 0 radical (unpaired) electrons. The predicted molar refractivity (Wildman–Crippen MR) is 132 cm³/mol. The van der Waals surface area contributed by atoms with Crippen molar-refractivity contribution in [2.45, 2.75) is 17.9 Å². The number of piperazine rings is 1. The van der Waals surface area contributed by atoms with E-state index in [4.69, 9.17) is 0 Å². The van der Waals surface area contributed by atoms with Gasteiger partial charge in [-0.25, -0.2) is 8.42 Å². The van der Waals surface area contributed by atoms with E-state index in [2.05, 4.69) is 5.32 Å². The van der Waals surface area contributed by atoms with Crippen LogP contribution in [0, 0.1) is 0 Å². The Bertz CT molecular complexity index is 1220. The number of ketones is 1. The van der Waals surface area contributed by atoms with Crippen LogP contribution in [0.15, 0.2) is 77.0 Å². The van der Waals surface area contributed by atoms with Gasteiger partial charge in [0.1, 0.15) is 0 Å². The quantitative estimate of drug-likeness (QED) is 0.483. The van der Waals surface area contributed by atoms with Crippen molar-refractivity contribution in [2.24, 2.45) is 0 Å². The molecule has 0 spiro atoms. The molecule has 1 aliphatic heterocycles. The number of amides is 1. The standard InChI is InChI=1S/C25H27N3O4S2/c1-19(29)20-9-11-22(12-10-20)34(31,32)28-15-13-27(14-16-28)24(30)18-26-25(23-8-5-17-33-23)21-6-3-2-4-7-21/h2-12,17,25-26H,13-16,18H2,1H3/t25-/m1/s1. The summed E-state index contributed by atoms with van der Waals surface area (Å²) in [6.45, 7) is 2.74. The smallest absolute Gasteiger partial charge is 0.243 e. The summed E-state index contributed by atoms with van der Waals surface area (Å²) in [6, 6.07) is 19.9. The van der Waals surface area contributed by atoms with E-state index in [1.165, 1.54) is 35.5 Å². The highest BCUT2D eigenvalue weighted by Gasteiger charge is 2.30. The minimum absolute atomic E-state index is 0.0552. The first kappa shape index (κ1) is 24.3. The van der Waals surface area contributed by atoms with Gasteiger partial charge in [-0.2, -0.15) is 4.31 Å². The highest BCUT2D eigenvalue weighted by molar-refractivity contribution is 7.89. The number of carbonyl (C=O) groups excluding carboxylic acids is 2. The number of sulfonamides is 1. The molecule has 1 amide bonds. The fraction of sp³-hybridized carbons (Fsp3) is 0.280. The van der Waals surface area contributed by atoms with Crippen molar-refractivity contribution in [3.8, 4) is 0 Å². The molecule has 34 heavy (non-hydrogen) atoms. The van der Waals surface area contributed by atoms with Crippen LogP contribution < -0.4 is 5.32 Å². The molecule has 1 N–H and O–H groups in total. The Morgan fingerprint density at radius 2 is 1.62 bits per heavy atom. The van der Waals surface area contributed by atoms with E-state index in [0.717, 1.165) is 10.4 Å². The van der Waals surface area contributed by atoms with Gasteiger partial charge in [0.25, 0.3) is 0 Å². The van der Waals surface area contributed by atoms with Gasteiger partial charge in [0.2, 0.25) is 15.9 Å². The number of hydrogen-bond acceptors (Lipinski definition) is 6. The SMILES string of the molecule is CC(=O)c1ccc(S(=O)(=O)N2CCN(C(=O)CN[C@H](c3ccccc3)c3cccs3)CC2)cc1. The van der Waals surface area contributed by atoms with Crippen molar-refractivity contribution < 1.29 is 18.0 Å². The van der Waals surface area contributed by atoms with Gasteiger partial charge in [0, 0.05) is 36.6 Å². The molecule has 2 aromatic carbocycles. The molecule has 4 rings (SSSR count). The summed E-state index contributed by atoms with van der Waals surface area (Å²) >= 11 is 1.64. The zero-order valence-electron chi connectivity index (χ0n) is 18.9. The Morgan fingerprint density at radius 3 is 2.21 bits per heavy atom. The van der Waals surface area contributed by atoms with E-state index in [1.54, 1.807) is 16.2 Å². The van der Waals surface area contributed by atoms with Crippen molar-refractivity contribution >= 4 is 33.1 Å². The number of carbonyl (C=O) groups is 2. The van der Waals surface area contributed by atoms with Crippen molar-refractivity contribution in [3.63, 3.8) is 0 Å². The lowest BCUT2D eigenvalue weighted by atomic mass is 10.1. The van der Waals surface area contributed by atoms with E-state index in [0.29, 0.717) is 18.7 Å². The van der Waals surface area contributed by atoms with Gasteiger partial charge in [-0.3, -0.25) is 14.9 Å². The van der Waals surface area contributed by atoms with Crippen LogP contribution in [0.2, 0.25) is 0 Å². The third-order valence-electron chi connectivity index (χ3n) is 5.91. The monoisotopic (exact) mass is 497 g/mol. The minimum atomic E-state index is -3.68. The van der Waals surface area contributed by atoms with Gasteiger partial charge in [-0.1, -0.05) is 48.5 Å². The van der Waals surface area contributed by atoms with E-state index >= 15 is 0 Å². The van der Waals surface area contributed by atoms with Crippen LogP contribution in [0.5, 0.6) is 0 Å². The Balaban J connectivity index is 1.35. The summed E-state index contributed by atoms with van der Waals surface area (Å²) in [6.07, 6.45) is 0. The molecule has 0 saturated carbocycles. The zero-order valence-corrected chi connectivity index (χ0v) is 20.5. The first-order chi connectivity index (χ1) is 16.4. The average molecular weight is 498 g/mol. The fourth-order valence-corrected chi connectivity index (χ4v) is 6.22. The Hall–Kier alpha value is -2.85. The number of Topliss-reactive ketones (excluding diaryl/α,β-unsaturated/α-hetero) is 1. The zero-order chi connectivity index (χ0) is 24.1. The van der Waals surface area contributed by atoms with Crippen LogP contribution in [-0.4, -0.2) is 62.0 Å². The van der Waals surface area contributed by atoms with Gasteiger partial charge < -0.3 is 4.90 Å². The van der Waals surface area contributed by atoms with E-state index < -0.39 is 10.0 Å². The van der Waals surface area contributed by atoms with E-state index in [9.17, 15) is 18.0 Å². The third kappa shape index (κ3) is 5.44. The van der Waals surface area contributed by atoms with Crippen molar-refractivity contribution in [1.29, 1.82) is 0 Å². The molecule has 0 unspecified atom stereocenters. The topological polar surface area (TPSA) is 86.8 Å². The second-order valence-corrected chi connectivity index (χ2v) is 11.0. The van der Waals surface area contributed by atoms with Crippen LogP contribution in [0.1, 0.15) is 33.8 Å². The number of benzene rings is 2. The van der Waals surface area contributed by atoms with E-state index in [1.807, 2.05) is 47.8 Å². The maximum atomic E-state index is 13.0. The molecule has 0 bridgehead atoms. The number of nitrogens with one attached hydrogen (secondary N) is 1. The lowest BCUT2D eigenvalue weighted by Crippen LogP contribution is -2.52. The highest BCUT2D eigenvalue weighted by atomic mass is 32.2. The summed E-state index contributed by atoms with van der Waals surface area (Å²) < 4.78 is 27.3. The van der Waals surface area contributed by atoms with E-state index in [-0.39, 0.29) is 42.3 Å². The molecular weight excluding hydrogens is 470 g/mol. The first-order valence-electron chi connectivity index (χ1n) is 11.1. The Morgan fingerprint density at radius 1 is 0.941 bits per heavy atom. The molecule has 1 atom stereocenters. The number of hydrogen-bond donors (Lipinski definition) is 1. The second-order valence-electron chi connectivity index (χ2n) is 8.11. The van der Waals surface area contributed by atoms with Crippen LogP contribution in [0.25, 0.3) is 0 Å². The molecule has 0 aliphatic carbocycles. The number of thiophene rings is 1. The fourth-order valence-electron chi connectivity index (χ4n) is 3.97. The minimum Gasteiger partial charge on any atom is -0.339 e. The summed E-state index contributed by atoms with van der Waals surface area (Å²) in [5.41, 5.74) is 1.56. The molecule has 1 aliphatic rings. The van der Waals surface area contributed by atoms with Crippen LogP contribution in [0.4, 0.5) is 0 Å². The van der Waals surface area contributed by atoms with Crippen LogP contribution >= 0.6 is 11.3 Å². The molecule has 178 valence electrons. The van der Waals surface area contributed by atoms with Crippen molar-refractivity contribution in [2.75, 3.05) is 32.7 Å². The summed E-state index contributed by atoms with van der Waals surface area (Å²) in [5.74, 6) is -0.168. The first-order valence-corrected chi connectivity index (χ1v) is 13.4. The van der Waals surface area contributed by atoms with Gasteiger partial charge in [-0.05, 0) is 36.1 Å². The van der Waals surface area contributed by atoms with Gasteiger partial charge in [-0.15, -0.1) is 11.3 Å². The lowest BCUT2D eigenvalue weighted by molar-refractivity contribution is -0.131. The maximum Gasteiger partial charge on any atom is 0.243 e. The number of nitrogens with zero attached hydrogens (tertiary/aromatic N) is 2. The molecular formula is C25H27N3O4S2. The van der Waals surface area contributed by atoms with Crippen molar-refractivity contribution in [3.05, 3.63) is 88.1 Å². The predicted octanol–water partition coefficient (Wildman–Crippen LogP) is 3.16. The molecule has 1 aromatic heterocycles. The molecule has 7 nitrogen and oxygen atoms in total. The van der Waals surface area contributed by atoms with Crippen LogP contribution in [-0.2, 0) is 14.8 Å². The van der Waals surface area contributed by atoms with Gasteiger partial charge in [0.05, 0.1) is 17.5 Å². The summed E-state index contributed by atoms with van der Waals surface area (Å²) in [7, 11) is -3.68. The lowest BCUT2D eigenvalue weighted by Gasteiger charge is -2.34. The second kappa shape index (κ2) is 10.6. The summed E-state index contributed by atoms with van der Waals surface area (Å²) in [5, 5.41) is 5.39. The molecule has 3 aromatic rings. The normalized spacial score (nSPS) is 15.7.